The minimum Gasteiger partial charge on any atom is -0.462 e. The number of oxime groups is 1. The quantitative estimate of drug-likeness (QED) is 0.369. The van der Waals surface area contributed by atoms with Crippen LogP contribution in [0, 0.1) is 0 Å². The van der Waals surface area contributed by atoms with Crippen LogP contribution in [-0.4, -0.2) is 17.2 Å². The van der Waals surface area contributed by atoms with Crippen LogP contribution in [0.4, 0.5) is 0 Å². The van der Waals surface area contributed by atoms with Gasteiger partial charge in [0.1, 0.15) is 0 Å². The SMILES string of the molecule is O=[C]/C(=N\O)c1ccco1. The summed E-state index contributed by atoms with van der Waals surface area (Å²) in [5, 5.41) is 10.8. The highest BCUT2D eigenvalue weighted by molar-refractivity contribution is 6.35. The molecule has 51 valence electrons. The Balaban J connectivity index is 2.95. The molecule has 0 spiro atoms. The average Bonchev–Trinajstić information content (AvgIpc) is 2.43. The summed E-state index contributed by atoms with van der Waals surface area (Å²) in [6.07, 6.45) is 2.78. The standard InChI is InChI=1S/C6H4NO3/c8-4-5(7-9)6-2-1-3-10-6/h1-3,9H/b7-5+. The molecule has 0 aromatic carbocycles. The monoisotopic (exact) mass is 138 g/mol. The maximum Gasteiger partial charge on any atom is 0.261 e. The fourth-order valence-corrected chi connectivity index (χ4v) is 0.533. The summed E-state index contributed by atoms with van der Waals surface area (Å²) in [7, 11) is 0. The van der Waals surface area contributed by atoms with Gasteiger partial charge in [0.2, 0.25) is 0 Å². The number of rotatable bonds is 2. The molecule has 1 aromatic heterocycles. The van der Waals surface area contributed by atoms with E-state index in [1.54, 1.807) is 6.07 Å². The molecule has 0 saturated heterocycles. The van der Waals surface area contributed by atoms with Crippen molar-refractivity contribution in [2.45, 2.75) is 0 Å². The maximum absolute atomic E-state index is 9.96. The van der Waals surface area contributed by atoms with Crippen molar-refractivity contribution in [2.24, 2.45) is 5.16 Å². The van der Waals surface area contributed by atoms with Crippen molar-refractivity contribution in [3.05, 3.63) is 24.2 Å². The molecule has 0 aliphatic carbocycles. The molecule has 0 aliphatic rings. The lowest BCUT2D eigenvalue weighted by atomic mass is 10.3. The lowest BCUT2D eigenvalue weighted by Gasteiger charge is -1.84. The average molecular weight is 138 g/mol. The summed E-state index contributed by atoms with van der Waals surface area (Å²) in [4.78, 5) is 9.96. The minimum atomic E-state index is -0.231. The third-order valence-electron chi connectivity index (χ3n) is 0.951. The van der Waals surface area contributed by atoms with E-state index in [2.05, 4.69) is 5.16 Å². The molecule has 0 aliphatic heterocycles. The van der Waals surface area contributed by atoms with E-state index < -0.39 is 0 Å². The smallest absolute Gasteiger partial charge is 0.261 e. The van der Waals surface area contributed by atoms with Gasteiger partial charge in [-0.15, -0.1) is 0 Å². The van der Waals surface area contributed by atoms with E-state index >= 15 is 0 Å². The zero-order valence-electron chi connectivity index (χ0n) is 4.94. The van der Waals surface area contributed by atoms with Crippen molar-refractivity contribution in [2.75, 3.05) is 0 Å². The van der Waals surface area contributed by atoms with Crippen molar-refractivity contribution in [1.29, 1.82) is 0 Å². The van der Waals surface area contributed by atoms with Gasteiger partial charge < -0.3 is 9.62 Å². The summed E-state index contributed by atoms with van der Waals surface area (Å²) in [6.45, 7) is 0. The van der Waals surface area contributed by atoms with Crippen LogP contribution in [0.1, 0.15) is 5.76 Å². The van der Waals surface area contributed by atoms with Crippen LogP contribution in [0.3, 0.4) is 0 Å². The van der Waals surface area contributed by atoms with Crippen LogP contribution in [0.5, 0.6) is 0 Å². The van der Waals surface area contributed by atoms with Gasteiger partial charge in [0.15, 0.2) is 11.5 Å². The molecule has 0 fully saturated rings. The first-order valence-corrected chi connectivity index (χ1v) is 2.52. The van der Waals surface area contributed by atoms with Crippen molar-refractivity contribution in [3.8, 4) is 0 Å². The molecule has 10 heavy (non-hydrogen) atoms. The summed E-state index contributed by atoms with van der Waals surface area (Å²) < 4.78 is 4.72. The Labute approximate surface area is 56.8 Å². The molecule has 0 atom stereocenters. The molecular formula is C6H4NO3. The van der Waals surface area contributed by atoms with Gasteiger partial charge in [0.05, 0.1) is 6.26 Å². The van der Waals surface area contributed by atoms with Crippen LogP contribution in [-0.2, 0) is 4.79 Å². The van der Waals surface area contributed by atoms with Crippen molar-refractivity contribution in [3.63, 3.8) is 0 Å². The lowest BCUT2D eigenvalue weighted by molar-refractivity contribution is 0.319. The second-order valence-electron chi connectivity index (χ2n) is 1.53. The van der Waals surface area contributed by atoms with Gasteiger partial charge >= 0.3 is 0 Å². The molecule has 1 N–H and O–H groups in total. The van der Waals surface area contributed by atoms with Gasteiger partial charge in [-0.05, 0) is 12.1 Å². The molecule has 0 unspecified atom stereocenters. The molecule has 0 amide bonds. The van der Waals surface area contributed by atoms with Crippen LogP contribution >= 0.6 is 0 Å². The molecule has 1 radical (unpaired) electrons. The number of nitrogens with zero attached hydrogens (tertiary/aromatic N) is 1. The number of furan rings is 1. The van der Waals surface area contributed by atoms with Gasteiger partial charge in [0, 0.05) is 0 Å². The van der Waals surface area contributed by atoms with E-state index in [4.69, 9.17) is 9.62 Å². The highest BCUT2D eigenvalue weighted by Gasteiger charge is 2.04. The molecule has 0 saturated carbocycles. The van der Waals surface area contributed by atoms with Gasteiger partial charge in [-0.25, -0.2) is 0 Å². The fourth-order valence-electron chi connectivity index (χ4n) is 0.533. The molecule has 0 bridgehead atoms. The van der Waals surface area contributed by atoms with Gasteiger partial charge in [-0.2, -0.15) is 0 Å². The second-order valence-corrected chi connectivity index (χ2v) is 1.53. The molecule has 4 nitrogen and oxygen atoms in total. The number of carbonyl (C=O) groups excluding carboxylic acids is 1. The van der Waals surface area contributed by atoms with Crippen molar-refractivity contribution >= 4 is 12.0 Å². The predicted octanol–water partition coefficient (Wildman–Crippen LogP) is 0.568. The van der Waals surface area contributed by atoms with E-state index in [-0.39, 0.29) is 11.5 Å². The van der Waals surface area contributed by atoms with Crippen LogP contribution in [0.2, 0.25) is 0 Å². The van der Waals surface area contributed by atoms with E-state index in [1.807, 2.05) is 0 Å². The van der Waals surface area contributed by atoms with Crippen molar-refractivity contribution < 1.29 is 14.4 Å². The number of hydrogen-bond donors (Lipinski definition) is 1. The van der Waals surface area contributed by atoms with E-state index in [1.165, 1.54) is 18.6 Å². The highest BCUT2D eigenvalue weighted by atomic mass is 16.4. The number of hydrogen-bond acceptors (Lipinski definition) is 4. The van der Waals surface area contributed by atoms with Gasteiger partial charge in [-0.3, -0.25) is 4.79 Å². The first-order chi connectivity index (χ1) is 4.88. The summed E-state index contributed by atoms with van der Waals surface area (Å²) in [5.41, 5.74) is -0.231. The first-order valence-electron chi connectivity index (χ1n) is 2.52. The Bertz CT molecular complexity index is 238. The molecule has 1 aromatic rings. The minimum absolute atomic E-state index is 0.206. The molecule has 1 rings (SSSR count). The first kappa shape index (κ1) is 6.54. The Morgan fingerprint density at radius 1 is 1.80 bits per heavy atom. The van der Waals surface area contributed by atoms with E-state index in [9.17, 15) is 4.79 Å². The lowest BCUT2D eigenvalue weighted by Crippen LogP contribution is -1.99. The Kier molecular flexibility index (Phi) is 1.84. The second kappa shape index (κ2) is 2.82. The third kappa shape index (κ3) is 1.05. The maximum atomic E-state index is 9.96. The van der Waals surface area contributed by atoms with E-state index in [0.29, 0.717) is 0 Å². The normalized spacial score (nSPS) is 11.4. The largest absolute Gasteiger partial charge is 0.462 e. The molecule has 4 heteroatoms. The Hall–Kier alpha value is -1.58. The third-order valence-corrected chi connectivity index (χ3v) is 0.951. The zero-order valence-corrected chi connectivity index (χ0v) is 4.94. The highest BCUT2D eigenvalue weighted by Crippen LogP contribution is 1.99. The predicted molar refractivity (Wildman–Crippen MR) is 32.7 cm³/mol. The topological polar surface area (TPSA) is 62.8 Å². The summed E-state index contributed by atoms with van der Waals surface area (Å²) >= 11 is 0. The van der Waals surface area contributed by atoms with E-state index in [0.717, 1.165) is 0 Å². The summed E-state index contributed by atoms with van der Waals surface area (Å²) in [5.74, 6) is 0.206. The van der Waals surface area contributed by atoms with Crippen molar-refractivity contribution in [1.82, 2.24) is 0 Å². The van der Waals surface area contributed by atoms with Crippen LogP contribution in [0.15, 0.2) is 28.0 Å². The summed E-state index contributed by atoms with van der Waals surface area (Å²) in [6, 6.07) is 3.08. The Morgan fingerprint density at radius 3 is 3.00 bits per heavy atom. The van der Waals surface area contributed by atoms with Crippen LogP contribution < -0.4 is 0 Å². The fraction of sp³-hybridized carbons (Fsp3) is 0. The molecular weight excluding hydrogens is 134 g/mol. The van der Waals surface area contributed by atoms with Gasteiger partial charge in [-0.1, -0.05) is 5.16 Å². The molecule has 1 heterocycles. The zero-order chi connectivity index (χ0) is 7.40. The Morgan fingerprint density at radius 2 is 2.60 bits per heavy atom. The van der Waals surface area contributed by atoms with Crippen LogP contribution in [0.25, 0.3) is 0 Å². The van der Waals surface area contributed by atoms with Gasteiger partial charge in [0.25, 0.3) is 6.29 Å².